The van der Waals surface area contributed by atoms with Crippen LogP contribution in [0.4, 0.5) is 0 Å². The number of hydrogen-bond donors (Lipinski definition) is 0. The molecule has 14 heavy (non-hydrogen) atoms. The van der Waals surface area contributed by atoms with Gasteiger partial charge < -0.3 is 0 Å². The maximum atomic E-state index is 4.16. The van der Waals surface area contributed by atoms with Crippen molar-refractivity contribution in [1.29, 1.82) is 0 Å². The van der Waals surface area contributed by atoms with E-state index in [1.54, 1.807) is 12.4 Å². The van der Waals surface area contributed by atoms with Crippen LogP contribution in [0.5, 0.6) is 0 Å². The van der Waals surface area contributed by atoms with Gasteiger partial charge in [0.15, 0.2) is 13.4 Å². The zero-order chi connectivity index (χ0) is 9.97. The lowest BCUT2D eigenvalue weighted by atomic mass is 10.4. The van der Waals surface area contributed by atoms with Gasteiger partial charge in [-0.3, -0.25) is 0 Å². The first-order chi connectivity index (χ1) is 6.74. The Kier molecular flexibility index (Phi) is 3.09. The molecule has 0 radical (unpaired) electrons. The van der Waals surface area contributed by atoms with Crippen LogP contribution in [-0.4, -0.2) is 20.2 Å². The summed E-state index contributed by atoms with van der Waals surface area (Å²) in [6.45, 7) is 1.95. The SMILES string of the molecule is Cc1cnc(Sc2nnc(Br)s2)nc1. The fourth-order valence-electron chi connectivity index (χ4n) is 0.746. The van der Waals surface area contributed by atoms with Gasteiger partial charge in [-0.1, -0.05) is 11.3 Å². The predicted molar refractivity (Wildman–Crippen MR) is 58.5 cm³/mol. The highest BCUT2D eigenvalue weighted by atomic mass is 79.9. The van der Waals surface area contributed by atoms with E-state index < -0.39 is 0 Å². The zero-order valence-electron chi connectivity index (χ0n) is 7.14. The molecule has 2 aromatic heterocycles. The van der Waals surface area contributed by atoms with E-state index in [1.165, 1.54) is 23.1 Å². The predicted octanol–water partition coefficient (Wildman–Crippen LogP) is 2.55. The number of rotatable bonds is 2. The summed E-state index contributed by atoms with van der Waals surface area (Å²) in [6, 6.07) is 0. The van der Waals surface area contributed by atoms with Gasteiger partial charge in [-0.15, -0.1) is 10.2 Å². The summed E-state index contributed by atoms with van der Waals surface area (Å²) < 4.78 is 1.60. The second-order valence-corrected chi connectivity index (χ2v) is 5.93. The molecular formula is C7H5BrN4S2. The Hall–Kier alpha value is -0.530. The monoisotopic (exact) mass is 288 g/mol. The van der Waals surface area contributed by atoms with Crippen LogP contribution >= 0.6 is 39.0 Å². The van der Waals surface area contributed by atoms with Crippen LogP contribution in [0.2, 0.25) is 0 Å². The third kappa shape index (κ3) is 2.49. The molecule has 0 aliphatic carbocycles. The number of nitrogens with zero attached hydrogens (tertiary/aromatic N) is 4. The van der Waals surface area contributed by atoms with Crippen LogP contribution in [0.1, 0.15) is 5.56 Å². The molecule has 0 N–H and O–H groups in total. The Morgan fingerprint density at radius 1 is 1.29 bits per heavy atom. The first kappa shape index (κ1) is 10.0. The number of aromatic nitrogens is 4. The summed E-state index contributed by atoms with van der Waals surface area (Å²) in [5.41, 5.74) is 1.05. The Balaban J connectivity index is 2.15. The molecule has 0 unspecified atom stereocenters. The summed E-state index contributed by atoms with van der Waals surface area (Å²) >= 11 is 6.12. The molecule has 0 saturated heterocycles. The molecule has 0 aliphatic heterocycles. The first-order valence-electron chi connectivity index (χ1n) is 3.69. The van der Waals surface area contributed by atoms with Crippen molar-refractivity contribution in [2.75, 3.05) is 0 Å². The van der Waals surface area contributed by atoms with Crippen molar-refractivity contribution in [3.63, 3.8) is 0 Å². The summed E-state index contributed by atoms with van der Waals surface area (Å²) in [5, 5.41) is 8.47. The minimum atomic E-state index is 0.694. The van der Waals surface area contributed by atoms with Gasteiger partial charge in [0.2, 0.25) is 0 Å². The van der Waals surface area contributed by atoms with E-state index in [4.69, 9.17) is 0 Å². The van der Waals surface area contributed by atoms with Gasteiger partial charge in [0.05, 0.1) is 0 Å². The maximum absolute atomic E-state index is 4.16. The lowest BCUT2D eigenvalue weighted by Crippen LogP contribution is -1.85. The van der Waals surface area contributed by atoms with Gasteiger partial charge in [-0.25, -0.2) is 9.97 Å². The van der Waals surface area contributed by atoms with Crippen LogP contribution in [-0.2, 0) is 0 Å². The summed E-state index contributed by atoms with van der Waals surface area (Å²) in [7, 11) is 0. The molecular weight excluding hydrogens is 284 g/mol. The Labute approximate surface area is 97.3 Å². The van der Waals surface area contributed by atoms with E-state index in [0.717, 1.165) is 13.8 Å². The van der Waals surface area contributed by atoms with E-state index >= 15 is 0 Å². The highest BCUT2D eigenvalue weighted by Crippen LogP contribution is 2.29. The molecule has 2 rings (SSSR count). The lowest BCUT2D eigenvalue weighted by Gasteiger charge is -1.94. The maximum Gasteiger partial charge on any atom is 0.194 e. The van der Waals surface area contributed by atoms with Crippen molar-refractivity contribution in [3.8, 4) is 0 Å². The minimum Gasteiger partial charge on any atom is -0.230 e. The first-order valence-corrected chi connectivity index (χ1v) is 6.12. The fraction of sp³-hybridized carbons (Fsp3) is 0.143. The molecule has 0 aromatic carbocycles. The lowest BCUT2D eigenvalue weighted by molar-refractivity contribution is 0.939. The van der Waals surface area contributed by atoms with Crippen molar-refractivity contribution in [1.82, 2.24) is 20.2 Å². The van der Waals surface area contributed by atoms with Gasteiger partial charge in [0.1, 0.15) is 0 Å². The van der Waals surface area contributed by atoms with Crippen LogP contribution in [0.3, 0.4) is 0 Å². The van der Waals surface area contributed by atoms with Gasteiger partial charge in [-0.05, 0) is 40.2 Å². The largest absolute Gasteiger partial charge is 0.230 e. The van der Waals surface area contributed by atoms with Gasteiger partial charge in [0, 0.05) is 12.4 Å². The van der Waals surface area contributed by atoms with Crippen molar-refractivity contribution >= 4 is 39.0 Å². The molecule has 0 amide bonds. The minimum absolute atomic E-state index is 0.694. The summed E-state index contributed by atoms with van der Waals surface area (Å²) in [5.74, 6) is 0. The number of aryl methyl sites for hydroxylation is 1. The summed E-state index contributed by atoms with van der Waals surface area (Å²) in [6.07, 6.45) is 3.57. The molecule has 0 saturated carbocycles. The molecule has 0 atom stereocenters. The molecule has 0 bridgehead atoms. The van der Waals surface area contributed by atoms with Crippen molar-refractivity contribution in [3.05, 3.63) is 21.9 Å². The van der Waals surface area contributed by atoms with Gasteiger partial charge in [0.25, 0.3) is 0 Å². The van der Waals surface area contributed by atoms with E-state index in [1.807, 2.05) is 6.92 Å². The van der Waals surface area contributed by atoms with Gasteiger partial charge >= 0.3 is 0 Å². The van der Waals surface area contributed by atoms with Crippen molar-refractivity contribution in [2.24, 2.45) is 0 Å². The smallest absolute Gasteiger partial charge is 0.194 e. The Morgan fingerprint density at radius 2 is 2.00 bits per heavy atom. The second-order valence-electron chi connectivity index (χ2n) is 2.47. The summed E-state index contributed by atoms with van der Waals surface area (Å²) in [4.78, 5) is 8.32. The van der Waals surface area contributed by atoms with E-state index in [2.05, 4.69) is 36.1 Å². The Morgan fingerprint density at radius 3 is 2.57 bits per heavy atom. The van der Waals surface area contributed by atoms with E-state index in [0.29, 0.717) is 5.16 Å². The standard InChI is InChI=1S/C7H5BrN4S2/c1-4-2-9-6(10-3-4)14-7-12-11-5(8)13-7/h2-3H,1H3. The topological polar surface area (TPSA) is 51.6 Å². The molecule has 2 heterocycles. The normalized spacial score (nSPS) is 10.4. The second kappa shape index (κ2) is 4.33. The molecule has 72 valence electrons. The van der Waals surface area contributed by atoms with Crippen molar-refractivity contribution < 1.29 is 0 Å². The van der Waals surface area contributed by atoms with Gasteiger partial charge in [-0.2, -0.15) is 0 Å². The molecule has 0 spiro atoms. The van der Waals surface area contributed by atoms with Crippen LogP contribution in [0.15, 0.2) is 25.8 Å². The molecule has 4 nitrogen and oxygen atoms in total. The Bertz CT molecular complexity index is 428. The number of halogens is 1. The van der Waals surface area contributed by atoms with Crippen molar-refractivity contribution in [2.45, 2.75) is 16.4 Å². The highest BCUT2D eigenvalue weighted by molar-refractivity contribution is 9.11. The van der Waals surface area contributed by atoms with Crippen LogP contribution in [0, 0.1) is 6.92 Å². The van der Waals surface area contributed by atoms with Crippen LogP contribution in [0.25, 0.3) is 0 Å². The van der Waals surface area contributed by atoms with Crippen LogP contribution < -0.4 is 0 Å². The molecule has 7 heteroatoms. The average molecular weight is 289 g/mol. The average Bonchev–Trinajstić information content (AvgIpc) is 2.56. The quantitative estimate of drug-likeness (QED) is 0.795. The number of hydrogen-bond acceptors (Lipinski definition) is 6. The van der Waals surface area contributed by atoms with E-state index in [-0.39, 0.29) is 0 Å². The molecule has 0 fully saturated rings. The highest BCUT2D eigenvalue weighted by Gasteiger charge is 2.05. The third-order valence-electron chi connectivity index (χ3n) is 1.32. The van der Waals surface area contributed by atoms with E-state index in [9.17, 15) is 0 Å². The molecule has 0 aliphatic rings. The molecule has 2 aromatic rings. The zero-order valence-corrected chi connectivity index (χ0v) is 10.4. The fourth-order valence-corrected chi connectivity index (χ4v) is 2.99. The third-order valence-corrected chi connectivity index (χ3v) is 3.62.